The van der Waals surface area contributed by atoms with Crippen molar-refractivity contribution in [2.24, 2.45) is 16.5 Å². The van der Waals surface area contributed by atoms with Gasteiger partial charge in [0.1, 0.15) is 18.5 Å². The van der Waals surface area contributed by atoms with Gasteiger partial charge in [-0.3, -0.25) is 14.7 Å². The number of imidazole rings is 1. The summed E-state index contributed by atoms with van der Waals surface area (Å²) in [7, 11) is 3.69. The van der Waals surface area contributed by atoms with E-state index in [-0.39, 0.29) is 18.5 Å². The Bertz CT molecular complexity index is 1500. The van der Waals surface area contributed by atoms with Gasteiger partial charge in [-0.2, -0.15) is 5.21 Å². The molecule has 43 heavy (non-hydrogen) atoms. The summed E-state index contributed by atoms with van der Waals surface area (Å²) in [4.78, 5) is 23.6. The first kappa shape index (κ1) is 31.6. The van der Waals surface area contributed by atoms with Crippen LogP contribution in [-0.2, 0) is 29.1 Å². The molecule has 4 aromatic rings. The Morgan fingerprint density at radius 3 is 2.51 bits per heavy atom. The number of esters is 1. The normalized spacial score (nSPS) is 11.9. The maximum Gasteiger partial charge on any atom is 0.323 e. The Balaban J connectivity index is 1.52. The number of aliphatic imine (C=N–C) groups is 1. The van der Waals surface area contributed by atoms with Gasteiger partial charge in [0.25, 0.3) is 0 Å². The average Bonchev–Trinajstić information content (AvgIpc) is 3.63. The van der Waals surface area contributed by atoms with Crippen molar-refractivity contribution in [1.82, 2.24) is 35.1 Å². The highest BCUT2D eigenvalue weighted by atomic mass is 35.5. The van der Waals surface area contributed by atoms with Crippen molar-refractivity contribution in [3.8, 4) is 22.5 Å². The number of guanidine groups is 1. The van der Waals surface area contributed by atoms with E-state index in [1.165, 1.54) is 0 Å². The summed E-state index contributed by atoms with van der Waals surface area (Å²) in [6.45, 7) is 3.14. The number of nitrogens with zero attached hydrogens (tertiary/aromatic N) is 7. The molecule has 0 aliphatic carbocycles. The van der Waals surface area contributed by atoms with Gasteiger partial charge in [0, 0.05) is 25.1 Å². The first-order valence-corrected chi connectivity index (χ1v) is 14.7. The number of hydrogen-bond acceptors (Lipinski definition) is 8. The molecular weight excluding hydrogens is 568 g/mol. The van der Waals surface area contributed by atoms with Crippen LogP contribution in [0.5, 0.6) is 0 Å². The van der Waals surface area contributed by atoms with E-state index in [0.29, 0.717) is 42.6 Å². The smallest absolute Gasteiger partial charge is 0.323 e. The molecule has 2 aromatic carbocycles. The summed E-state index contributed by atoms with van der Waals surface area (Å²) >= 11 is 6.63. The summed E-state index contributed by atoms with van der Waals surface area (Å²) < 4.78 is 7.87. The SMILES string of the molecule is CCCCc1nc(Cl)c(COC(=O)[C@@H](CCCN=C(N)N)N(C)C)n1Cc1ccc(-c2ccccc2-c2nn[nH]n2)cc1. The Kier molecular flexibility index (Phi) is 11.2. The second kappa shape index (κ2) is 15.3. The van der Waals surface area contributed by atoms with Crippen LogP contribution in [0.1, 0.15) is 49.7 Å². The lowest BCUT2D eigenvalue weighted by Gasteiger charge is -2.22. The van der Waals surface area contributed by atoms with E-state index >= 15 is 0 Å². The number of unbranched alkanes of at least 4 members (excludes halogenated alkanes) is 1. The van der Waals surface area contributed by atoms with Crippen LogP contribution in [0, 0.1) is 0 Å². The molecule has 0 saturated heterocycles. The average molecular weight is 607 g/mol. The number of tetrazole rings is 1. The largest absolute Gasteiger partial charge is 0.458 e. The van der Waals surface area contributed by atoms with Crippen LogP contribution in [0.3, 0.4) is 0 Å². The molecule has 0 aliphatic heterocycles. The molecule has 2 heterocycles. The highest BCUT2D eigenvalue weighted by molar-refractivity contribution is 6.30. The molecular formula is C30H39ClN10O2. The Morgan fingerprint density at radius 2 is 1.86 bits per heavy atom. The molecule has 5 N–H and O–H groups in total. The molecule has 0 bridgehead atoms. The molecule has 0 unspecified atom stereocenters. The van der Waals surface area contributed by atoms with E-state index in [0.717, 1.165) is 47.3 Å². The number of nitrogens with two attached hydrogens (primary N) is 2. The van der Waals surface area contributed by atoms with Gasteiger partial charge in [-0.15, -0.1) is 10.2 Å². The van der Waals surface area contributed by atoms with Gasteiger partial charge in [0.15, 0.2) is 11.1 Å². The van der Waals surface area contributed by atoms with Crippen LogP contribution in [0.15, 0.2) is 53.5 Å². The van der Waals surface area contributed by atoms with Crippen LogP contribution in [0.25, 0.3) is 22.5 Å². The number of benzene rings is 2. The molecule has 0 fully saturated rings. The predicted octanol–water partition coefficient (Wildman–Crippen LogP) is 3.80. The van der Waals surface area contributed by atoms with Crippen molar-refractivity contribution in [2.45, 2.75) is 58.2 Å². The maximum atomic E-state index is 13.1. The van der Waals surface area contributed by atoms with Gasteiger partial charge >= 0.3 is 5.97 Å². The summed E-state index contributed by atoms with van der Waals surface area (Å²) in [5, 5.41) is 14.9. The van der Waals surface area contributed by atoms with Crippen molar-refractivity contribution in [3.05, 3.63) is 70.8 Å². The number of aromatic amines is 1. The molecule has 0 saturated carbocycles. The fourth-order valence-corrected chi connectivity index (χ4v) is 5.10. The maximum absolute atomic E-state index is 13.1. The van der Waals surface area contributed by atoms with Gasteiger partial charge in [-0.25, -0.2) is 4.98 Å². The molecule has 0 radical (unpaired) electrons. The first-order valence-electron chi connectivity index (χ1n) is 14.3. The van der Waals surface area contributed by atoms with E-state index in [1.54, 1.807) is 0 Å². The minimum atomic E-state index is -0.438. The van der Waals surface area contributed by atoms with Crippen molar-refractivity contribution >= 4 is 23.5 Å². The van der Waals surface area contributed by atoms with Gasteiger partial charge in [-0.05, 0) is 55.3 Å². The Morgan fingerprint density at radius 1 is 1.12 bits per heavy atom. The molecule has 13 heteroatoms. The number of H-pyrrole nitrogens is 1. The number of likely N-dealkylation sites (N-methyl/N-ethyl adjacent to an activating group) is 1. The number of carbonyl (C=O) groups is 1. The van der Waals surface area contributed by atoms with E-state index in [1.807, 2.05) is 43.3 Å². The van der Waals surface area contributed by atoms with Crippen molar-refractivity contribution in [1.29, 1.82) is 0 Å². The summed E-state index contributed by atoms with van der Waals surface area (Å²) in [6, 6.07) is 15.8. The second-order valence-electron chi connectivity index (χ2n) is 10.5. The van der Waals surface area contributed by atoms with Gasteiger partial charge < -0.3 is 20.8 Å². The Hall–Kier alpha value is -4.29. The quantitative estimate of drug-likeness (QED) is 0.0789. The lowest BCUT2D eigenvalue weighted by atomic mass is 9.98. The molecule has 2 aromatic heterocycles. The number of aryl methyl sites for hydroxylation is 1. The minimum Gasteiger partial charge on any atom is -0.458 e. The highest BCUT2D eigenvalue weighted by Gasteiger charge is 2.24. The lowest BCUT2D eigenvalue weighted by Crippen LogP contribution is -2.37. The summed E-state index contributed by atoms with van der Waals surface area (Å²) in [5.74, 6) is 1.11. The topological polar surface area (TPSA) is 166 Å². The monoisotopic (exact) mass is 606 g/mol. The van der Waals surface area contributed by atoms with Crippen LogP contribution in [0.2, 0.25) is 5.15 Å². The van der Waals surface area contributed by atoms with E-state index in [2.05, 4.69) is 66.4 Å². The second-order valence-corrected chi connectivity index (χ2v) is 10.8. The number of ether oxygens (including phenoxy) is 1. The Labute approximate surface area is 256 Å². The zero-order chi connectivity index (χ0) is 30.8. The third-order valence-corrected chi connectivity index (χ3v) is 7.45. The van der Waals surface area contributed by atoms with E-state index in [9.17, 15) is 4.79 Å². The standard InChI is InChI=1S/C30H39ClN10O2/c1-4-5-12-26-35-27(31)25(19-43-29(42)24(40(2)3)11-8-17-34-30(32)33)41(26)18-20-13-15-21(16-14-20)22-9-6-7-10-23(22)28-36-38-39-37-28/h6-7,9-10,13-16,24H,4-5,8,11-12,17-19H2,1-3H3,(H4,32,33,34)(H,36,37,38,39)/t24-/m1/s1. The van der Waals surface area contributed by atoms with Crippen LogP contribution in [-0.4, -0.2) is 73.7 Å². The van der Waals surface area contributed by atoms with Crippen molar-refractivity contribution in [2.75, 3.05) is 20.6 Å². The van der Waals surface area contributed by atoms with Crippen LogP contribution < -0.4 is 11.5 Å². The predicted molar refractivity (Wildman–Crippen MR) is 167 cm³/mol. The molecule has 0 aliphatic rings. The zero-order valence-corrected chi connectivity index (χ0v) is 25.6. The number of carbonyl (C=O) groups excluding carboxylic acids is 1. The van der Waals surface area contributed by atoms with Gasteiger partial charge in [0.2, 0.25) is 5.82 Å². The van der Waals surface area contributed by atoms with Gasteiger partial charge in [0.05, 0.1) is 5.69 Å². The van der Waals surface area contributed by atoms with Crippen LogP contribution >= 0.6 is 11.6 Å². The van der Waals surface area contributed by atoms with Crippen molar-refractivity contribution in [3.63, 3.8) is 0 Å². The number of halogens is 1. The van der Waals surface area contributed by atoms with Crippen LogP contribution in [0.4, 0.5) is 0 Å². The fourth-order valence-electron chi connectivity index (χ4n) is 4.85. The first-order chi connectivity index (χ1) is 20.8. The molecule has 0 amide bonds. The van der Waals surface area contributed by atoms with E-state index in [4.69, 9.17) is 27.8 Å². The van der Waals surface area contributed by atoms with Gasteiger partial charge in [-0.1, -0.05) is 73.5 Å². The molecule has 1 atom stereocenters. The third-order valence-electron chi connectivity index (χ3n) is 7.15. The molecule has 228 valence electrons. The number of rotatable bonds is 15. The summed E-state index contributed by atoms with van der Waals surface area (Å²) in [5.41, 5.74) is 15.5. The van der Waals surface area contributed by atoms with E-state index < -0.39 is 6.04 Å². The highest BCUT2D eigenvalue weighted by Crippen LogP contribution is 2.30. The van der Waals surface area contributed by atoms with Crippen molar-refractivity contribution < 1.29 is 9.53 Å². The number of hydrogen-bond donors (Lipinski definition) is 3. The number of aromatic nitrogens is 6. The zero-order valence-electron chi connectivity index (χ0n) is 24.8. The fraction of sp³-hybridized carbons (Fsp3) is 0.400. The molecule has 12 nitrogen and oxygen atoms in total. The lowest BCUT2D eigenvalue weighted by molar-refractivity contribution is -0.150. The third kappa shape index (κ3) is 8.39. The number of nitrogens with one attached hydrogen (secondary N) is 1. The molecule has 4 rings (SSSR count). The molecule has 0 spiro atoms. The minimum absolute atomic E-state index is 0.0190. The summed E-state index contributed by atoms with van der Waals surface area (Å²) in [6.07, 6.45) is 3.96.